The summed E-state index contributed by atoms with van der Waals surface area (Å²) in [6.45, 7) is 0.604. The fraction of sp³-hybridized carbons (Fsp3) is 0.625. The lowest BCUT2D eigenvalue weighted by Gasteiger charge is -2.02. The van der Waals surface area contributed by atoms with Crippen molar-refractivity contribution >= 4 is 5.78 Å². The molecule has 0 atom stereocenters. The third-order valence-corrected chi connectivity index (χ3v) is 2.21. The van der Waals surface area contributed by atoms with Crippen LogP contribution in [0.3, 0.4) is 0 Å². The quantitative estimate of drug-likeness (QED) is 0.520. The summed E-state index contributed by atoms with van der Waals surface area (Å²) in [4.78, 5) is 11.4. The third kappa shape index (κ3) is 1.41. The Morgan fingerprint density at radius 3 is 3.08 bits per heavy atom. The largest absolute Gasteiger partial charge is 0.539 e. The van der Waals surface area contributed by atoms with Crippen molar-refractivity contribution < 1.29 is 19.1 Å². The van der Waals surface area contributed by atoms with Crippen LogP contribution < -0.4 is 9.79 Å². The zero-order chi connectivity index (χ0) is 9.26. The van der Waals surface area contributed by atoms with E-state index in [1.165, 1.54) is 4.68 Å². The molecule has 0 N–H and O–H groups in total. The predicted octanol–water partition coefficient (Wildman–Crippen LogP) is -0.208. The van der Waals surface area contributed by atoms with Gasteiger partial charge in [-0.1, -0.05) is 4.68 Å². The molecule has 0 saturated carbocycles. The summed E-state index contributed by atoms with van der Waals surface area (Å²) in [5.74, 6) is -0.752. The Morgan fingerprint density at radius 1 is 1.38 bits per heavy atom. The first-order valence-corrected chi connectivity index (χ1v) is 4.39. The van der Waals surface area contributed by atoms with Crippen molar-refractivity contribution in [2.45, 2.75) is 32.2 Å². The zero-order valence-electron chi connectivity index (χ0n) is 7.15. The molecule has 0 radical (unpaired) electrons. The van der Waals surface area contributed by atoms with Crippen LogP contribution in [0.1, 0.15) is 36.2 Å². The molecule has 1 aliphatic rings. The molecule has 0 spiro atoms. The Kier molecular flexibility index (Phi) is 2.00. The SMILES string of the molecule is O=C1CCCCC[n+]2noc([O-])c21. The highest BCUT2D eigenvalue weighted by atomic mass is 16.6. The van der Waals surface area contributed by atoms with Crippen LogP contribution in [0.25, 0.3) is 0 Å². The molecule has 0 aliphatic carbocycles. The summed E-state index contributed by atoms with van der Waals surface area (Å²) < 4.78 is 5.81. The third-order valence-electron chi connectivity index (χ3n) is 2.21. The minimum atomic E-state index is -0.605. The Hall–Kier alpha value is -1.39. The molecular formula is C8H10N2O3. The van der Waals surface area contributed by atoms with Gasteiger partial charge in [-0.3, -0.25) is 4.79 Å². The Morgan fingerprint density at radius 2 is 2.23 bits per heavy atom. The Labute approximate surface area is 74.9 Å². The van der Waals surface area contributed by atoms with Crippen molar-refractivity contribution in [1.29, 1.82) is 0 Å². The van der Waals surface area contributed by atoms with Crippen molar-refractivity contribution in [2.75, 3.05) is 0 Å². The maximum atomic E-state index is 11.4. The van der Waals surface area contributed by atoms with E-state index in [2.05, 4.69) is 9.79 Å². The average Bonchev–Trinajstić information content (AvgIpc) is 2.42. The van der Waals surface area contributed by atoms with E-state index in [1.54, 1.807) is 0 Å². The fourth-order valence-electron chi connectivity index (χ4n) is 1.53. The van der Waals surface area contributed by atoms with E-state index in [4.69, 9.17) is 0 Å². The number of hydrogen-bond donors (Lipinski definition) is 0. The van der Waals surface area contributed by atoms with Gasteiger partial charge in [0.2, 0.25) is 5.78 Å². The molecule has 0 amide bonds. The molecule has 0 unspecified atom stereocenters. The summed E-state index contributed by atoms with van der Waals surface area (Å²) in [7, 11) is 0. The molecule has 5 heteroatoms. The smallest absolute Gasteiger partial charge is 0.299 e. The van der Waals surface area contributed by atoms with Crippen molar-refractivity contribution in [3.8, 4) is 5.95 Å². The maximum Gasteiger partial charge on any atom is 0.299 e. The van der Waals surface area contributed by atoms with Crippen LogP contribution in [0.15, 0.2) is 4.52 Å². The molecule has 0 saturated heterocycles. The molecule has 0 fully saturated rings. The van der Waals surface area contributed by atoms with Gasteiger partial charge in [0.05, 0.1) is 5.27 Å². The molecule has 0 aromatic carbocycles. The molecule has 5 nitrogen and oxygen atoms in total. The minimum absolute atomic E-state index is 0.111. The highest BCUT2D eigenvalue weighted by Gasteiger charge is 2.26. The lowest BCUT2D eigenvalue weighted by Crippen LogP contribution is -2.42. The Bertz CT molecular complexity index is 332. The number of rotatable bonds is 0. The van der Waals surface area contributed by atoms with Gasteiger partial charge < -0.3 is 9.63 Å². The van der Waals surface area contributed by atoms with Crippen molar-refractivity contribution in [3.05, 3.63) is 5.69 Å². The van der Waals surface area contributed by atoms with Gasteiger partial charge in [0.15, 0.2) is 12.5 Å². The molecule has 2 heterocycles. The number of nitrogens with zero attached hydrogens (tertiary/aromatic N) is 2. The van der Waals surface area contributed by atoms with Gasteiger partial charge in [-0.2, -0.15) is 0 Å². The highest BCUT2D eigenvalue weighted by Crippen LogP contribution is 2.14. The van der Waals surface area contributed by atoms with Crippen LogP contribution in [0.2, 0.25) is 0 Å². The topological polar surface area (TPSA) is 70.0 Å². The Balaban J connectivity index is 2.40. The average molecular weight is 182 g/mol. The number of aryl methyl sites for hydroxylation is 1. The monoisotopic (exact) mass is 182 g/mol. The molecule has 0 bridgehead atoms. The van der Waals surface area contributed by atoms with Crippen LogP contribution in [0.5, 0.6) is 5.95 Å². The summed E-state index contributed by atoms with van der Waals surface area (Å²) in [5.41, 5.74) is 0.111. The summed E-state index contributed by atoms with van der Waals surface area (Å²) in [6.07, 6.45) is 3.22. The lowest BCUT2D eigenvalue weighted by atomic mass is 10.1. The number of ketones is 1. The zero-order valence-corrected chi connectivity index (χ0v) is 7.15. The number of carbonyl (C=O) groups is 1. The van der Waals surface area contributed by atoms with Gasteiger partial charge in [0.25, 0.3) is 5.69 Å². The number of hydrogen-bond acceptors (Lipinski definition) is 4. The van der Waals surface area contributed by atoms with E-state index in [1.807, 2.05) is 0 Å². The molecular weight excluding hydrogens is 172 g/mol. The standard InChI is InChI=1S/C8H10N2O3/c11-6-4-2-1-3-5-10-7(6)8(12)13-9-10/h1-5H2. The van der Waals surface area contributed by atoms with E-state index in [-0.39, 0.29) is 11.5 Å². The van der Waals surface area contributed by atoms with Crippen molar-refractivity contribution in [2.24, 2.45) is 0 Å². The van der Waals surface area contributed by atoms with Crippen molar-refractivity contribution in [3.63, 3.8) is 0 Å². The summed E-state index contributed by atoms with van der Waals surface area (Å²) in [6, 6.07) is 0. The van der Waals surface area contributed by atoms with E-state index in [9.17, 15) is 9.90 Å². The van der Waals surface area contributed by atoms with Crippen LogP contribution in [0, 0.1) is 0 Å². The number of carbonyl (C=O) groups excluding carboxylic acids is 1. The fourth-order valence-corrected chi connectivity index (χ4v) is 1.53. The number of Topliss-reactive ketones (excluding diaryl/α,β-unsaturated/α-hetero) is 1. The van der Waals surface area contributed by atoms with Gasteiger partial charge in [0.1, 0.15) is 0 Å². The molecule has 1 aromatic rings. The predicted molar refractivity (Wildman–Crippen MR) is 38.9 cm³/mol. The second-order valence-electron chi connectivity index (χ2n) is 3.17. The van der Waals surface area contributed by atoms with E-state index in [0.717, 1.165) is 19.3 Å². The van der Waals surface area contributed by atoms with E-state index < -0.39 is 5.95 Å². The van der Waals surface area contributed by atoms with Crippen molar-refractivity contribution in [1.82, 2.24) is 5.27 Å². The molecule has 2 rings (SSSR count). The molecule has 1 aromatic heterocycles. The second-order valence-corrected chi connectivity index (χ2v) is 3.17. The first-order chi connectivity index (χ1) is 6.29. The highest BCUT2D eigenvalue weighted by molar-refractivity contribution is 5.94. The summed E-state index contributed by atoms with van der Waals surface area (Å²) in [5, 5.41) is 14.6. The van der Waals surface area contributed by atoms with Gasteiger partial charge in [-0.15, -0.1) is 0 Å². The first-order valence-electron chi connectivity index (χ1n) is 4.39. The minimum Gasteiger partial charge on any atom is -0.539 e. The van der Waals surface area contributed by atoms with Crippen LogP contribution in [0.4, 0.5) is 0 Å². The van der Waals surface area contributed by atoms with E-state index in [0.29, 0.717) is 13.0 Å². The maximum absolute atomic E-state index is 11.4. The van der Waals surface area contributed by atoms with Gasteiger partial charge in [-0.05, 0) is 12.8 Å². The number of fused-ring (bicyclic) bond motifs is 1. The normalized spacial score (nSPS) is 17.7. The molecule has 70 valence electrons. The lowest BCUT2D eigenvalue weighted by molar-refractivity contribution is -0.764. The number of aromatic nitrogens is 2. The molecule has 1 aliphatic heterocycles. The van der Waals surface area contributed by atoms with Gasteiger partial charge in [-0.25, -0.2) is 0 Å². The second kappa shape index (κ2) is 3.16. The van der Waals surface area contributed by atoms with Gasteiger partial charge in [0, 0.05) is 12.8 Å². The van der Waals surface area contributed by atoms with Gasteiger partial charge >= 0.3 is 0 Å². The van der Waals surface area contributed by atoms with Crippen LogP contribution >= 0.6 is 0 Å². The molecule has 13 heavy (non-hydrogen) atoms. The van der Waals surface area contributed by atoms with Crippen LogP contribution in [-0.2, 0) is 6.54 Å². The van der Waals surface area contributed by atoms with E-state index >= 15 is 0 Å². The van der Waals surface area contributed by atoms with Crippen LogP contribution in [-0.4, -0.2) is 11.1 Å². The first kappa shape index (κ1) is 8.22. The summed E-state index contributed by atoms with van der Waals surface area (Å²) >= 11 is 0.